The minimum Gasteiger partial charge on any atom is -0.393 e. The molecule has 1 heterocycles. The molecular formula is C27H47NO2. The second kappa shape index (κ2) is 8.41. The number of nitrogens with one attached hydrogen (secondary N) is 1. The third-order valence-corrected chi connectivity index (χ3v) is 10.7. The summed E-state index contributed by atoms with van der Waals surface area (Å²) in [5.74, 6) is 4.91. The Morgan fingerprint density at radius 1 is 1.00 bits per heavy atom. The summed E-state index contributed by atoms with van der Waals surface area (Å²) in [6, 6.07) is 0. The molecule has 0 spiro atoms. The van der Waals surface area contributed by atoms with Crippen LogP contribution in [0.4, 0.5) is 0 Å². The maximum absolute atomic E-state index is 12.2. The van der Waals surface area contributed by atoms with Gasteiger partial charge >= 0.3 is 0 Å². The van der Waals surface area contributed by atoms with Crippen molar-refractivity contribution in [3.05, 3.63) is 0 Å². The Labute approximate surface area is 185 Å². The van der Waals surface area contributed by atoms with E-state index in [1.165, 1.54) is 44.9 Å². The number of carbonyl (C=O) groups excluding carboxylic acids is 1. The van der Waals surface area contributed by atoms with Crippen molar-refractivity contribution in [3.63, 3.8) is 0 Å². The first kappa shape index (κ1) is 22.6. The van der Waals surface area contributed by atoms with Crippen LogP contribution >= 0.6 is 0 Å². The van der Waals surface area contributed by atoms with E-state index in [4.69, 9.17) is 0 Å². The van der Waals surface area contributed by atoms with Crippen LogP contribution in [0.2, 0.25) is 0 Å². The van der Waals surface area contributed by atoms with Crippen LogP contribution in [0.25, 0.3) is 0 Å². The summed E-state index contributed by atoms with van der Waals surface area (Å²) in [4.78, 5) is 12.2. The average Bonchev–Trinajstić information content (AvgIpc) is 2.93. The number of amides is 1. The van der Waals surface area contributed by atoms with Crippen LogP contribution in [0.1, 0.15) is 98.8 Å². The molecule has 0 aromatic carbocycles. The van der Waals surface area contributed by atoms with Gasteiger partial charge in [-0.3, -0.25) is 4.79 Å². The van der Waals surface area contributed by atoms with Crippen molar-refractivity contribution < 1.29 is 9.90 Å². The summed E-state index contributed by atoms with van der Waals surface area (Å²) >= 11 is 0. The van der Waals surface area contributed by atoms with Gasteiger partial charge in [0.2, 0.25) is 5.91 Å². The van der Waals surface area contributed by atoms with E-state index in [9.17, 15) is 9.90 Å². The molecule has 0 aromatic rings. The first-order valence-corrected chi connectivity index (χ1v) is 13.1. The highest BCUT2D eigenvalue weighted by Gasteiger charge is 2.61. The van der Waals surface area contributed by atoms with Gasteiger partial charge < -0.3 is 10.4 Å². The molecule has 4 fully saturated rings. The van der Waals surface area contributed by atoms with Gasteiger partial charge in [0.05, 0.1) is 6.10 Å². The van der Waals surface area contributed by atoms with Gasteiger partial charge in [-0.25, -0.2) is 0 Å². The fourth-order valence-corrected chi connectivity index (χ4v) is 9.10. The van der Waals surface area contributed by atoms with Gasteiger partial charge in [0, 0.05) is 13.0 Å². The van der Waals surface area contributed by atoms with Crippen LogP contribution in [-0.2, 0) is 4.79 Å². The third-order valence-electron chi connectivity index (χ3n) is 10.7. The van der Waals surface area contributed by atoms with Crippen LogP contribution in [0.3, 0.4) is 0 Å². The van der Waals surface area contributed by atoms with Gasteiger partial charge in [-0.2, -0.15) is 0 Å². The van der Waals surface area contributed by atoms with E-state index in [2.05, 4.69) is 39.9 Å². The number of aliphatic hydroxyl groups is 1. The zero-order chi connectivity index (χ0) is 21.7. The summed E-state index contributed by atoms with van der Waals surface area (Å²) in [7, 11) is 0. The second-order valence-corrected chi connectivity index (χ2v) is 12.6. The van der Waals surface area contributed by atoms with Gasteiger partial charge in [-0.05, 0) is 90.8 Å². The van der Waals surface area contributed by atoms with Crippen molar-refractivity contribution in [2.75, 3.05) is 6.54 Å². The summed E-state index contributed by atoms with van der Waals surface area (Å²) < 4.78 is 0. The molecule has 30 heavy (non-hydrogen) atoms. The minimum absolute atomic E-state index is 0.115. The minimum atomic E-state index is -0.301. The van der Waals surface area contributed by atoms with Crippen LogP contribution in [0, 0.1) is 52.3 Å². The van der Waals surface area contributed by atoms with Gasteiger partial charge in [0.25, 0.3) is 0 Å². The highest BCUT2D eigenvalue weighted by molar-refractivity contribution is 5.76. The van der Waals surface area contributed by atoms with Gasteiger partial charge in [-0.15, -0.1) is 0 Å². The number of rotatable bonds is 5. The van der Waals surface area contributed by atoms with E-state index in [-0.39, 0.29) is 23.3 Å². The smallest absolute Gasteiger partial charge is 0.220 e. The molecule has 4 aliphatic rings. The average molecular weight is 418 g/mol. The number of hydrogen-bond acceptors (Lipinski definition) is 2. The van der Waals surface area contributed by atoms with E-state index >= 15 is 0 Å². The highest BCUT2D eigenvalue weighted by Crippen LogP contribution is 2.67. The molecule has 0 bridgehead atoms. The van der Waals surface area contributed by atoms with E-state index < -0.39 is 0 Å². The standard InChI is InChI=1S/C27H47NO2/c1-17(2)7-6-8-18(3)20-9-10-21-19-15-24(29)23-16-25(30)28-14-13-27(23,5)22(19)11-12-26(20,21)4/h17-24,29H,6-16H2,1-5H3,(H,28,30)/t18-,19+,20-,21+,22+,23?,24+,26-,27-/m1/s1. The summed E-state index contributed by atoms with van der Waals surface area (Å²) in [5, 5.41) is 14.3. The number of carbonyl (C=O) groups is 1. The summed E-state index contributed by atoms with van der Waals surface area (Å²) in [5.41, 5.74) is 0.573. The van der Waals surface area contributed by atoms with E-state index in [0.29, 0.717) is 23.7 Å². The van der Waals surface area contributed by atoms with Crippen molar-refractivity contribution in [2.24, 2.45) is 52.3 Å². The monoisotopic (exact) mass is 417 g/mol. The fraction of sp³-hybridized carbons (Fsp3) is 0.963. The molecular weight excluding hydrogens is 370 g/mol. The fourth-order valence-electron chi connectivity index (χ4n) is 9.10. The van der Waals surface area contributed by atoms with E-state index in [1.54, 1.807) is 0 Å². The largest absolute Gasteiger partial charge is 0.393 e. The van der Waals surface area contributed by atoms with Crippen molar-refractivity contribution in [1.29, 1.82) is 0 Å². The SMILES string of the molecule is CC(C)CCC[C@@H](C)[C@H]1CC[C@H]2[C@@H]3C[C@H](O)C4CC(=O)NCC[C@]4(C)[C@H]3CC[C@]12C. The normalized spacial score (nSPS) is 47.1. The number of fused-ring (bicyclic) bond motifs is 5. The first-order chi connectivity index (χ1) is 14.2. The first-order valence-electron chi connectivity index (χ1n) is 13.1. The van der Waals surface area contributed by atoms with Crippen LogP contribution in [-0.4, -0.2) is 23.7 Å². The molecule has 172 valence electrons. The maximum Gasteiger partial charge on any atom is 0.220 e. The lowest BCUT2D eigenvalue weighted by atomic mass is 9.45. The molecule has 4 rings (SSSR count). The Balaban J connectivity index is 1.52. The molecule has 3 nitrogen and oxygen atoms in total. The lowest BCUT2D eigenvalue weighted by molar-refractivity contribution is -0.151. The van der Waals surface area contributed by atoms with Crippen molar-refractivity contribution in [3.8, 4) is 0 Å². The molecule has 3 aliphatic carbocycles. The number of hydrogen-bond donors (Lipinski definition) is 2. The molecule has 9 atom stereocenters. The maximum atomic E-state index is 12.2. The lowest BCUT2D eigenvalue weighted by Gasteiger charge is -2.60. The van der Waals surface area contributed by atoms with E-state index in [1.807, 2.05) is 0 Å². The third kappa shape index (κ3) is 3.76. The molecule has 0 aromatic heterocycles. The predicted octanol–water partition coefficient (Wildman–Crippen LogP) is 5.80. The Kier molecular flexibility index (Phi) is 6.34. The molecule has 1 unspecified atom stereocenters. The molecule has 1 amide bonds. The van der Waals surface area contributed by atoms with Crippen LogP contribution in [0.5, 0.6) is 0 Å². The van der Waals surface area contributed by atoms with Crippen LogP contribution < -0.4 is 5.32 Å². The highest BCUT2D eigenvalue weighted by atomic mass is 16.3. The van der Waals surface area contributed by atoms with Gasteiger partial charge in [-0.1, -0.05) is 53.9 Å². The van der Waals surface area contributed by atoms with Gasteiger partial charge in [0.15, 0.2) is 0 Å². The molecule has 3 saturated carbocycles. The molecule has 1 aliphatic heterocycles. The Hall–Kier alpha value is -0.570. The second-order valence-electron chi connectivity index (χ2n) is 12.6. The van der Waals surface area contributed by atoms with Gasteiger partial charge in [0.1, 0.15) is 0 Å². The quantitative estimate of drug-likeness (QED) is 0.593. The Morgan fingerprint density at radius 2 is 1.73 bits per heavy atom. The predicted molar refractivity (Wildman–Crippen MR) is 123 cm³/mol. The zero-order valence-electron chi connectivity index (χ0n) is 20.3. The van der Waals surface area contributed by atoms with E-state index in [0.717, 1.165) is 43.1 Å². The molecule has 2 N–H and O–H groups in total. The van der Waals surface area contributed by atoms with Crippen LogP contribution in [0.15, 0.2) is 0 Å². The van der Waals surface area contributed by atoms with Crippen molar-refractivity contribution >= 4 is 5.91 Å². The summed E-state index contributed by atoms with van der Waals surface area (Å²) in [6.45, 7) is 13.0. The molecule has 1 saturated heterocycles. The lowest BCUT2D eigenvalue weighted by Crippen LogP contribution is -2.56. The molecule has 0 radical (unpaired) electrons. The topological polar surface area (TPSA) is 49.3 Å². The zero-order valence-corrected chi connectivity index (χ0v) is 20.3. The van der Waals surface area contributed by atoms with Crippen molar-refractivity contribution in [1.82, 2.24) is 5.32 Å². The summed E-state index contributed by atoms with van der Waals surface area (Å²) in [6.07, 6.45) is 11.7. The van der Waals surface area contributed by atoms with Crippen molar-refractivity contribution in [2.45, 2.75) is 105 Å². The Bertz CT molecular complexity index is 632. The number of aliphatic hydroxyl groups excluding tert-OH is 1. The Morgan fingerprint density at radius 3 is 2.47 bits per heavy atom. The molecule has 3 heteroatoms.